The molecular weight excluding hydrogens is 550 g/mol. The highest BCUT2D eigenvalue weighted by atomic mass is 35.5. The van der Waals surface area contributed by atoms with Crippen molar-refractivity contribution in [1.82, 2.24) is 9.80 Å². The number of aliphatic hydroxyl groups excluding tert-OH is 2. The average Bonchev–Trinajstić information content (AvgIpc) is 2.89. The van der Waals surface area contributed by atoms with E-state index in [9.17, 15) is 34.8 Å². The van der Waals surface area contributed by atoms with Crippen LogP contribution in [0.5, 0.6) is 5.75 Å². The molecule has 41 heavy (non-hydrogen) atoms. The molecule has 0 saturated heterocycles. The number of Topliss-reactive ketones (excluding diaryl/α,β-unsaturated/α-hetero) is 2. The maximum atomic E-state index is 13.9. The van der Waals surface area contributed by atoms with E-state index in [0.717, 1.165) is 6.54 Å². The van der Waals surface area contributed by atoms with E-state index in [0.29, 0.717) is 28.6 Å². The van der Waals surface area contributed by atoms with Crippen LogP contribution in [0, 0.1) is 17.8 Å². The molecule has 1 aromatic rings. The number of nitrogens with zero attached hydrogens (tertiary/aromatic N) is 2. The minimum atomic E-state index is -2.66. The molecule has 4 aliphatic rings. The van der Waals surface area contributed by atoms with Crippen LogP contribution in [-0.4, -0.2) is 87.0 Å². The molecule has 0 spiro atoms. The highest BCUT2D eigenvalue weighted by Crippen LogP contribution is 2.53. The molecule has 2 saturated carbocycles. The molecule has 10 nitrogen and oxygen atoms in total. The fraction of sp³-hybridized carbons (Fsp3) is 0.567. The predicted molar refractivity (Wildman–Crippen MR) is 152 cm³/mol. The molecule has 0 radical (unpaired) electrons. The fourth-order valence-electron chi connectivity index (χ4n) is 7.63. The van der Waals surface area contributed by atoms with Gasteiger partial charge in [0.15, 0.2) is 11.4 Å². The smallest absolute Gasteiger partial charge is 0.255 e. The summed E-state index contributed by atoms with van der Waals surface area (Å²) in [5.41, 5.74) is 2.87. The number of hydrogen-bond acceptors (Lipinski definition) is 9. The number of aromatic hydroxyl groups is 1. The number of halogens is 1. The van der Waals surface area contributed by atoms with E-state index in [2.05, 4.69) is 4.90 Å². The number of fused-ring (bicyclic) bond motifs is 3. The quantitative estimate of drug-likeness (QED) is 0.315. The molecule has 4 aliphatic carbocycles. The fourth-order valence-corrected chi connectivity index (χ4v) is 7.91. The third-order valence-corrected chi connectivity index (χ3v) is 9.93. The molecule has 1 unspecified atom stereocenters. The summed E-state index contributed by atoms with van der Waals surface area (Å²) in [6.45, 7) is 1.40. The molecule has 0 bridgehead atoms. The highest BCUT2D eigenvalue weighted by Gasteiger charge is 2.64. The van der Waals surface area contributed by atoms with Crippen molar-refractivity contribution in [2.24, 2.45) is 23.5 Å². The normalized spacial score (nSPS) is 28.7. The Morgan fingerprint density at radius 3 is 2.39 bits per heavy atom. The minimum Gasteiger partial charge on any atom is -0.508 e. The minimum absolute atomic E-state index is 0.00460. The zero-order valence-corrected chi connectivity index (χ0v) is 24.4. The SMILES string of the molecule is CN(Cc1cc(O)c2c(c1Cl)C[C@H]1C[C@H]3[C@H](N(C)C)C(=O)C(C(N)=O)=C(O)C3(O)C(=O)C1=C2O)CC1CCCCC1. The molecule has 2 fully saturated rings. The van der Waals surface area contributed by atoms with Gasteiger partial charge >= 0.3 is 0 Å². The lowest BCUT2D eigenvalue weighted by Gasteiger charge is -2.50. The topological polar surface area (TPSA) is 165 Å². The Kier molecular flexibility index (Phi) is 7.74. The van der Waals surface area contributed by atoms with Crippen molar-refractivity contribution >= 4 is 34.8 Å². The number of aliphatic hydroxyl groups is 3. The van der Waals surface area contributed by atoms with E-state index >= 15 is 0 Å². The molecule has 4 atom stereocenters. The molecule has 0 aliphatic heterocycles. The van der Waals surface area contributed by atoms with Gasteiger partial charge in [0.05, 0.1) is 11.6 Å². The van der Waals surface area contributed by atoms with Crippen LogP contribution in [0.15, 0.2) is 23.0 Å². The van der Waals surface area contributed by atoms with Crippen molar-refractivity contribution in [3.8, 4) is 5.75 Å². The molecule has 6 N–H and O–H groups in total. The summed E-state index contributed by atoms with van der Waals surface area (Å²) in [5.74, 6) is -6.15. The van der Waals surface area contributed by atoms with Gasteiger partial charge in [-0.2, -0.15) is 0 Å². The zero-order valence-electron chi connectivity index (χ0n) is 23.6. The van der Waals surface area contributed by atoms with Crippen LogP contribution in [0.4, 0.5) is 0 Å². The molecule has 1 amide bonds. The molecule has 0 aromatic heterocycles. The zero-order chi connectivity index (χ0) is 30.0. The van der Waals surface area contributed by atoms with Gasteiger partial charge in [0.1, 0.15) is 22.8 Å². The van der Waals surface area contributed by atoms with Gasteiger partial charge in [-0.3, -0.25) is 19.3 Å². The summed E-state index contributed by atoms with van der Waals surface area (Å²) in [7, 11) is 5.15. The second-order valence-electron chi connectivity index (χ2n) is 12.4. The first-order valence-corrected chi connectivity index (χ1v) is 14.5. The van der Waals surface area contributed by atoms with E-state index in [4.69, 9.17) is 17.3 Å². The van der Waals surface area contributed by atoms with Crippen LogP contribution in [0.1, 0.15) is 55.2 Å². The third kappa shape index (κ3) is 4.65. The lowest BCUT2D eigenvalue weighted by molar-refractivity contribution is -0.153. The summed E-state index contributed by atoms with van der Waals surface area (Å²) in [6.07, 6.45) is 6.33. The number of likely N-dealkylation sites (N-methyl/N-ethyl adjacent to an activating group) is 1. The highest BCUT2D eigenvalue weighted by molar-refractivity contribution is 6.32. The molecule has 11 heteroatoms. The van der Waals surface area contributed by atoms with Gasteiger partial charge in [-0.05, 0) is 75.9 Å². The van der Waals surface area contributed by atoms with E-state index in [1.165, 1.54) is 43.1 Å². The summed E-state index contributed by atoms with van der Waals surface area (Å²) < 4.78 is 0. The second kappa shape index (κ2) is 10.7. The Labute approximate surface area is 244 Å². The van der Waals surface area contributed by atoms with Crippen LogP contribution >= 0.6 is 11.6 Å². The number of ketones is 2. The predicted octanol–water partition coefficient (Wildman–Crippen LogP) is 2.63. The molecule has 0 heterocycles. The number of hydrogen-bond donors (Lipinski definition) is 5. The first-order valence-electron chi connectivity index (χ1n) is 14.2. The summed E-state index contributed by atoms with van der Waals surface area (Å²) in [5, 5.41) is 45.4. The van der Waals surface area contributed by atoms with Gasteiger partial charge in [-0.15, -0.1) is 0 Å². The molecule has 222 valence electrons. The number of rotatable bonds is 6. The lowest BCUT2D eigenvalue weighted by atomic mass is 9.57. The second-order valence-corrected chi connectivity index (χ2v) is 12.8. The van der Waals surface area contributed by atoms with Gasteiger partial charge in [0.2, 0.25) is 5.78 Å². The van der Waals surface area contributed by atoms with Gasteiger partial charge in [0.25, 0.3) is 5.91 Å². The Bertz CT molecular complexity index is 1380. The number of benzene rings is 1. The van der Waals surface area contributed by atoms with Gasteiger partial charge in [-0.25, -0.2) is 0 Å². The Balaban J connectivity index is 1.55. The van der Waals surface area contributed by atoms with Crippen LogP contribution in [0.3, 0.4) is 0 Å². The summed E-state index contributed by atoms with van der Waals surface area (Å²) >= 11 is 6.90. The van der Waals surface area contributed by atoms with Crippen LogP contribution in [0.25, 0.3) is 5.76 Å². The van der Waals surface area contributed by atoms with Gasteiger partial charge in [-0.1, -0.05) is 30.9 Å². The summed E-state index contributed by atoms with van der Waals surface area (Å²) in [6, 6.07) is 0.362. The van der Waals surface area contributed by atoms with Crippen molar-refractivity contribution < 1.29 is 34.8 Å². The van der Waals surface area contributed by atoms with Crippen molar-refractivity contribution in [2.45, 2.75) is 63.1 Å². The van der Waals surface area contributed by atoms with E-state index < -0.39 is 58.0 Å². The van der Waals surface area contributed by atoms with E-state index in [-0.39, 0.29) is 29.7 Å². The van der Waals surface area contributed by atoms with Crippen molar-refractivity contribution in [1.29, 1.82) is 0 Å². The van der Waals surface area contributed by atoms with Crippen LogP contribution in [0.2, 0.25) is 5.02 Å². The van der Waals surface area contributed by atoms with Crippen molar-refractivity contribution in [3.05, 3.63) is 44.7 Å². The standard InChI is InChI=1S/C30H38ClN3O7/c1-33(2)24-18-10-15-9-17-21(19(35)11-16(23(17)31)13-34(3)12-14-7-5-4-6-8-14)25(36)20(15)27(38)30(18,41)28(39)22(26(24)37)29(32)40/h11,14-15,18,24,35-36,39,41H,4-10,12-13H2,1-3H3,(H2,32,40)/t15-,18-,24-,30?/m0/s1. The number of phenols is 1. The number of nitrogens with two attached hydrogens (primary N) is 1. The number of carbonyl (C=O) groups excluding carboxylic acids is 3. The molecule has 5 rings (SSSR count). The third-order valence-electron chi connectivity index (χ3n) is 9.46. The summed E-state index contributed by atoms with van der Waals surface area (Å²) in [4.78, 5) is 42.9. The lowest BCUT2D eigenvalue weighted by Crippen LogP contribution is -2.65. The first kappa shape index (κ1) is 29.6. The Hall–Kier alpha value is -2.92. The number of primary amides is 1. The average molecular weight is 588 g/mol. The largest absolute Gasteiger partial charge is 0.508 e. The number of amides is 1. The Morgan fingerprint density at radius 1 is 1.12 bits per heavy atom. The first-order chi connectivity index (χ1) is 19.3. The molecular formula is C30H38ClN3O7. The van der Waals surface area contributed by atoms with Crippen molar-refractivity contribution in [3.63, 3.8) is 0 Å². The monoisotopic (exact) mass is 587 g/mol. The van der Waals surface area contributed by atoms with E-state index in [1.807, 2.05) is 7.05 Å². The maximum absolute atomic E-state index is 13.9. The molecule has 1 aromatic carbocycles. The van der Waals surface area contributed by atoms with Gasteiger partial charge in [0, 0.05) is 29.6 Å². The maximum Gasteiger partial charge on any atom is 0.255 e. The van der Waals surface area contributed by atoms with Crippen LogP contribution < -0.4 is 5.73 Å². The van der Waals surface area contributed by atoms with E-state index in [1.54, 1.807) is 14.1 Å². The van der Waals surface area contributed by atoms with Crippen molar-refractivity contribution in [2.75, 3.05) is 27.7 Å². The number of phenolic OH excluding ortho intramolecular Hbond substituents is 1. The Morgan fingerprint density at radius 2 is 1.78 bits per heavy atom. The van der Waals surface area contributed by atoms with Crippen LogP contribution in [-0.2, 0) is 27.3 Å². The van der Waals surface area contributed by atoms with Gasteiger partial charge < -0.3 is 31.1 Å². The number of carbonyl (C=O) groups is 3.